The predicted molar refractivity (Wildman–Crippen MR) is 91.5 cm³/mol. The van der Waals surface area contributed by atoms with E-state index >= 15 is 0 Å². The SMILES string of the molecule is CCC(N)c1cc2ccc(C)c(F)c2c(=O)n1-c1ccccc1. The monoisotopic (exact) mass is 310 g/mol. The highest BCUT2D eigenvalue weighted by atomic mass is 19.1. The zero-order valence-electron chi connectivity index (χ0n) is 13.2. The number of hydrogen-bond donors (Lipinski definition) is 1. The first kappa shape index (κ1) is 15.4. The topological polar surface area (TPSA) is 48.0 Å². The van der Waals surface area contributed by atoms with E-state index in [0.29, 0.717) is 28.8 Å². The lowest BCUT2D eigenvalue weighted by molar-refractivity contribution is 0.624. The van der Waals surface area contributed by atoms with Gasteiger partial charge in [-0.3, -0.25) is 9.36 Å². The second kappa shape index (κ2) is 5.97. The summed E-state index contributed by atoms with van der Waals surface area (Å²) in [6.45, 7) is 3.62. The van der Waals surface area contributed by atoms with Gasteiger partial charge in [-0.1, -0.05) is 37.3 Å². The highest BCUT2D eigenvalue weighted by Crippen LogP contribution is 2.24. The maximum Gasteiger partial charge on any atom is 0.266 e. The van der Waals surface area contributed by atoms with Crippen molar-refractivity contribution < 1.29 is 4.39 Å². The van der Waals surface area contributed by atoms with Crippen LogP contribution in [0.2, 0.25) is 0 Å². The Morgan fingerprint density at radius 3 is 2.52 bits per heavy atom. The van der Waals surface area contributed by atoms with Crippen LogP contribution in [-0.2, 0) is 0 Å². The number of aromatic nitrogens is 1. The van der Waals surface area contributed by atoms with Crippen LogP contribution in [0, 0.1) is 12.7 Å². The quantitative estimate of drug-likeness (QED) is 0.799. The van der Waals surface area contributed by atoms with Gasteiger partial charge in [0, 0.05) is 17.4 Å². The van der Waals surface area contributed by atoms with Crippen LogP contribution in [0.1, 0.15) is 30.6 Å². The molecule has 1 atom stereocenters. The summed E-state index contributed by atoms with van der Waals surface area (Å²) in [6.07, 6.45) is 0.687. The highest BCUT2D eigenvalue weighted by molar-refractivity contribution is 5.84. The summed E-state index contributed by atoms with van der Waals surface area (Å²) < 4.78 is 16.1. The second-order valence-corrected chi connectivity index (χ2v) is 5.72. The van der Waals surface area contributed by atoms with Gasteiger partial charge in [-0.15, -0.1) is 0 Å². The van der Waals surface area contributed by atoms with Crippen LogP contribution >= 0.6 is 0 Å². The number of fused-ring (bicyclic) bond motifs is 1. The molecule has 0 saturated heterocycles. The van der Waals surface area contributed by atoms with Crippen molar-refractivity contribution in [2.75, 3.05) is 0 Å². The van der Waals surface area contributed by atoms with Gasteiger partial charge in [0.05, 0.1) is 5.39 Å². The van der Waals surface area contributed by atoms with Crippen molar-refractivity contribution in [3.63, 3.8) is 0 Å². The summed E-state index contributed by atoms with van der Waals surface area (Å²) in [4.78, 5) is 13.0. The zero-order valence-corrected chi connectivity index (χ0v) is 13.2. The molecule has 23 heavy (non-hydrogen) atoms. The zero-order chi connectivity index (χ0) is 16.6. The number of nitrogens with zero attached hydrogens (tertiary/aromatic N) is 1. The number of hydrogen-bond acceptors (Lipinski definition) is 2. The second-order valence-electron chi connectivity index (χ2n) is 5.72. The molecular formula is C19H19FN2O. The molecule has 1 heterocycles. The number of nitrogens with two attached hydrogens (primary N) is 1. The van der Waals surface area contributed by atoms with Gasteiger partial charge in [-0.2, -0.15) is 0 Å². The van der Waals surface area contributed by atoms with Crippen LogP contribution in [-0.4, -0.2) is 4.57 Å². The van der Waals surface area contributed by atoms with E-state index in [1.165, 1.54) is 4.57 Å². The molecular weight excluding hydrogens is 291 g/mol. The van der Waals surface area contributed by atoms with Crippen molar-refractivity contribution in [2.24, 2.45) is 5.73 Å². The maximum absolute atomic E-state index is 14.5. The van der Waals surface area contributed by atoms with Gasteiger partial charge in [0.25, 0.3) is 5.56 Å². The molecule has 0 saturated carbocycles. The maximum atomic E-state index is 14.5. The summed E-state index contributed by atoms with van der Waals surface area (Å²) >= 11 is 0. The molecule has 118 valence electrons. The molecule has 1 aromatic heterocycles. The smallest absolute Gasteiger partial charge is 0.266 e. The number of benzene rings is 2. The molecule has 2 aromatic carbocycles. The van der Waals surface area contributed by atoms with E-state index in [0.717, 1.165) is 0 Å². The average molecular weight is 310 g/mol. The molecule has 0 spiro atoms. The van der Waals surface area contributed by atoms with Crippen molar-refractivity contribution >= 4 is 10.8 Å². The van der Waals surface area contributed by atoms with E-state index in [1.807, 2.05) is 43.3 Å². The largest absolute Gasteiger partial charge is 0.323 e. The van der Waals surface area contributed by atoms with Crippen molar-refractivity contribution in [2.45, 2.75) is 26.3 Å². The molecule has 3 nitrogen and oxygen atoms in total. The Labute approximate surface area is 134 Å². The summed E-state index contributed by atoms with van der Waals surface area (Å²) in [5, 5.41) is 0.699. The summed E-state index contributed by atoms with van der Waals surface area (Å²) in [7, 11) is 0. The third kappa shape index (κ3) is 2.55. The highest BCUT2D eigenvalue weighted by Gasteiger charge is 2.18. The number of halogens is 1. The normalized spacial score (nSPS) is 12.5. The molecule has 0 amide bonds. The number of para-hydroxylation sites is 1. The Bertz CT molecular complexity index is 916. The first-order valence-corrected chi connectivity index (χ1v) is 7.70. The molecule has 0 aliphatic carbocycles. The van der Waals surface area contributed by atoms with Gasteiger partial charge in [-0.25, -0.2) is 4.39 Å². The predicted octanol–water partition coefficient (Wildman–Crippen LogP) is 3.85. The van der Waals surface area contributed by atoms with E-state index in [1.54, 1.807) is 19.1 Å². The summed E-state index contributed by atoms with van der Waals surface area (Å²) in [5.74, 6) is -0.464. The molecule has 3 rings (SSSR count). The molecule has 0 bridgehead atoms. The molecule has 2 N–H and O–H groups in total. The van der Waals surface area contributed by atoms with Crippen LogP contribution in [0.25, 0.3) is 16.5 Å². The number of pyridine rings is 1. The summed E-state index contributed by atoms with van der Waals surface area (Å²) in [6, 6.07) is 14.2. The minimum Gasteiger partial charge on any atom is -0.323 e. The Balaban J connectivity index is 2.46. The van der Waals surface area contributed by atoms with E-state index < -0.39 is 5.82 Å². The molecule has 0 aliphatic rings. The van der Waals surface area contributed by atoms with E-state index in [-0.39, 0.29) is 17.0 Å². The molecule has 3 aromatic rings. The number of rotatable bonds is 3. The van der Waals surface area contributed by atoms with Gasteiger partial charge in [-0.05, 0) is 42.5 Å². The van der Waals surface area contributed by atoms with Crippen molar-refractivity contribution in [1.29, 1.82) is 0 Å². The van der Waals surface area contributed by atoms with E-state index in [9.17, 15) is 9.18 Å². The van der Waals surface area contributed by atoms with Crippen LogP contribution in [0.3, 0.4) is 0 Å². The van der Waals surface area contributed by atoms with Gasteiger partial charge in [0.15, 0.2) is 0 Å². The van der Waals surface area contributed by atoms with Crippen molar-refractivity contribution in [3.05, 3.63) is 76.0 Å². The van der Waals surface area contributed by atoms with Gasteiger partial charge < -0.3 is 5.73 Å². The molecule has 0 aliphatic heterocycles. The van der Waals surface area contributed by atoms with Gasteiger partial charge >= 0.3 is 0 Å². The van der Waals surface area contributed by atoms with Crippen LogP contribution in [0.5, 0.6) is 0 Å². The lowest BCUT2D eigenvalue weighted by atomic mass is 10.0. The first-order valence-electron chi connectivity index (χ1n) is 7.70. The Morgan fingerprint density at radius 2 is 1.87 bits per heavy atom. The van der Waals surface area contributed by atoms with Gasteiger partial charge in [0.1, 0.15) is 5.82 Å². The lowest BCUT2D eigenvalue weighted by Crippen LogP contribution is -2.27. The standard InChI is InChI=1S/C19H19FN2O/c1-3-15(21)16-11-13-10-9-12(2)18(20)17(13)19(23)22(16)14-7-5-4-6-8-14/h4-11,15H,3,21H2,1-2H3. The Hall–Kier alpha value is -2.46. The Kier molecular flexibility index (Phi) is 4.01. The lowest BCUT2D eigenvalue weighted by Gasteiger charge is -2.19. The molecule has 0 radical (unpaired) electrons. The fourth-order valence-corrected chi connectivity index (χ4v) is 2.81. The first-order chi connectivity index (χ1) is 11.0. The van der Waals surface area contributed by atoms with Crippen LogP contribution in [0.4, 0.5) is 4.39 Å². The average Bonchev–Trinajstić information content (AvgIpc) is 2.57. The van der Waals surface area contributed by atoms with E-state index in [2.05, 4.69) is 0 Å². The summed E-state index contributed by atoms with van der Waals surface area (Å²) in [5.41, 5.74) is 7.69. The van der Waals surface area contributed by atoms with Crippen LogP contribution in [0.15, 0.2) is 53.3 Å². The molecule has 4 heteroatoms. The third-order valence-corrected chi connectivity index (χ3v) is 4.18. The number of aryl methyl sites for hydroxylation is 1. The molecule has 0 fully saturated rings. The minimum absolute atomic E-state index is 0.112. The van der Waals surface area contributed by atoms with E-state index in [4.69, 9.17) is 5.73 Å². The fraction of sp³-hybridized carbons (Fsp3) is 0.211. The fourth-order valence-electron chi connectivity index (χ4n) is 2.81. The van der Waals surface area contributed by atoms with Gasteiger partial charge in [0.2, 0.25) is 0 Å². The minimum atomic E-state index is -0.464. The van der Waals surface area contributed by atoms with Crippen molar-refractivity contribution in [1.82, 2.24) is 4.57 Å². The van der Waals surface area contributed by atoms with Crippen molar-refractivity contribution in [3.8, 4) is 5.69 Å². The van der Waals surface area contributed by atoms with Crippen LogP contribution < -0.4 is 11.3 Å². The third-order valence-electron chi connectivity index (χ3n) is 4.18. The Morgan fingerprint density at radius 1 is 1.17 bits per heavy atom. The molecule has 1 unspecified atom stereocenters.